The van der Waals surface area contributed by atoms with E-state index in [0.717, 1.165) is 12.0 Å². The van der Waals surface area contributed by atoms with Crippen LogP contribution in [0.1, 0.15) is 18.4 Å². The fraction of sp³-hybridized carbons (Fsp3) is 0.429. The second-order valence-electron chi connectivity index (χ2n) is 4.52. The van der Waals surface area contributed by atoms with Crippen molar-refractivity contribution in [1.82, 2.24) is 10.2 Å². The van der Waals surface area contributed by atoms with Crippen LogP contribution in [0.2, 0.25) is 0 Å². The van der Waals surface area contributed by atoms with Crippen LogP contribution < -0.4 is 5.32 Å². The van der Waals surface area contributed by atoms with Gasteiger partial charge in [0.25, 0.3) is 0 Å². The Morgan fingerprint density at radius 3 is 2.79 bits per heavy atom. The molecule has 1 saturated heterocycles. The molecule has 0 spiro atoms. The van der Waals surface area contributed by atoms with Crippen LogP contribution >= 0.6 is 0 Å². The number of carbonyl (C=O) groups excluding carboxylic acids is 2. The SMILES string of the molecule is COC(=O)C1CCCN1C(=O)NCc1ccccc1. The van der Waals surface area contributed by atoms with Crippen molar-refractivity contribution in [3.05, 3.63) is 35.9 Å². The lowest BCUT2D eigenvalue weighted by Crippen LogP contribution is -2.46. The van der Waals surface area contributed by atoms with Crippen molar-refractivity contribution in [2.45, 2.75) is 25.4 Å². The molecule has 5 heteroatoms. The van der Waals surface area contributed by atoms with Gasteiger partial charge in [0.05, 0.1) is 7.11 Å². The molecule has 0 saturated carbocycles. The molecule has 0 bridgehead atoms. The number of carbonyl (C=O) groups is 2. The van der Waals surface area contributed by atoms with Crippen LogP contribution in [-0.4, -0.2) is 36.6 Å². The van der Waals surface area contributed by atoms with Crippen LogP contribution in [0.3, 0.4) is 0 Å². The van der Waals surface area contributed by atoms with Gasteiger partial charge in [0.2, 0.25) is 0 Å². The maximum atomic E-state index is 12.1. The van der Waals surface area contributed by atoms with Crippen molar-refractivity contribution < 1.29 is 14.3 Å². The first-order chi connectivity index (χ1) is 9.22. The average molecular weight is 262 g/mol. The van der Waals surface area contributed by atoms with Gasteiger partial charge in [0, 0.05) is 13.1 Å². The van der Waals surface area contributed by atoms with Crippen LogP contribution in [0, 0.1) is 0 Å². The van der Waals surface area contributed by atoms with E-state index in [-0.39, 0.29) is 12.0 Å². The van der Waals surface area contributed by atoms with Gasteiger partial charge in [-0.05, 0) is 18.4 Å². The van der Waals surface area contributed by atoms with Crippen LogP contribution in [0.15, 0.2) is 30.3 Å². The first-order valence-corrected chi connectivity index (χ1v) is 6.38. The molecule has 1 aliphatic rings. The van der Waals surface area contributed by atoms with Crippen LogP contribution in [-0.2, 0) is 16.1 Å². The third-order valence-electron chi connectivity index (χ3n) is 3.27. The molecule has 1 N–H and O–H groups in total. The lowest BCUT2D eigenvalue weighted by Gasteiger charge is -2.22. The minimum atomic E-state index is -0.444. The number of benzene rings is 1. The third-order valence-corrected chi connectivity index (χ3v) is 3.27. The predicted molar refractivity (Wildman–Crippen MR) is 70.4 cm³/mol. The highest BCUT2D eigenvalue weighted by Gasteiger charge is 2.34. The van der Waals surface area contributed by atoms with E-state index < -0.39 is 6.04 Å². The quantitative estimate of drug-likeness (QED) is 0.840. The number of methoxy groups -OCH3 is 1. The number of hydrogen-bond donors (Lipinski definition) is 1. The van der Waals surface area contributed by atoms with Crippen molar-refractivity contribution in [1.29, 1.82) is 0 Å². The number of nitrogens with zero attached hydrogens (tertiary/aromatic N) is 1. The Kier molecular flexibility index (Phi) is 4.39. The zero-order valence-electron chi connectivity index (χ0n) is 11.0. The molecule has 1 aromatic carbocycles. The monoisotopic (exact) mass is 262 g/mol. The molecule has 19 heavy (non-hydrogen) atoms. The lowest BCUT2D eigenvalue weighted by atomic mass is 10.2. The number of nitrogens with one attached hydrogen (secondary N) is 1. The molecular formula is C14H18N2O3. The molecular weight excluding hydrogens is 244 g/mol. The Morgan fingerprint density at radius 2 is 2.11 bits per heavy atom. The van der Waals surface area contributed by atoms with Crippen LogP contribution in [0.4, 0.5) is 4.79 Å². The van der Waals surface area contributed by atoms with Crippen LogP contribution in [0.25, 0.3) is 0 Å². The molecule has 2 rings (SSSR count). The van der Waals surface area contributed by atoms with Crippen molar-refractivity contribution >= 4 is 12.0 Å². The molecule has 2 amide bonds. The second kappa shape index (κ2) is 6.22. The minimum Gasteiger partial charge on any atom is -0.467 e. The molecule has 1 aliphatic heterocycles. The molecule has 0 radical (unpaired) electrons. The Bertz CT molecular complexity index is 447. The van der Waals surface area contributed by atoms with E-state index in [1.807, 2.05) is 30.3 Å². The number of ether oxygens (including phenoxy) is 1. The second-order valence-corrected chi connectivity index (χ2v) is 4.52. The first-order valence-electron chi connectivity index (χ1n) is 6.38. The number of amides is 2. The Hall–Kier alpha value is -2.04. The highest BCUT2D eigenvalue weighted by molar-refractivity contribution is 5.84. The summed E-state index contributed by atoms with van der Waals surface area (Å²) < 4.78 is 4.72. The Morgan fingerprint density at radius 1 is 1.37 bits per heavy atom. The van der Waals surface area contributed by atoms with Gasteiger partial charge in [-0.25, -0.2) is 9.59 Å². The predicted octanol–water partition coefficient (Wildman–Crippen LogP) is 1.53. The summed E-state index contributed by atoms with van der Waals surface area (Å²) in [5.41, 5.74) is 1.03. The summed E-state index contributed by atoms with van der Waals surface area (Å²) in [6, 6.07) is 9.02. The van der Waals surface area contributed by atoms with Crippen molar-refractivity contribution in [2.24, 2.45) is 0 Å². The Balaban J connectivity index is 1.90. The fourth-order valence-electron chi connectivity index (χ4n) is 2.27. The zero-order valence-corrected chi connectivity index (χ0v) is 11.0. The van der Waals surface area contributed by atoms with Gasteiger partial charge >= 0.3 is 12.0 Å². The standard InChI is InChI=1S/C14H18N2O3/c1-19-13(17)12-8-5-9-16(12)14(18)15-10-11-6-3-2-4-7-11/h2-4,6-7,12H,5,8-10H2,1H3,(H,15,18). The summed E-state index contributed by atoms with van der Waals surface area (Å²) >= 11 is 0. The zero-order chi connectivity index (χ0) is 13.7. The summed E-state index contributed by atoms with van der Waals surface area (Å²) in [5, 5.41) is 2.83. The molecule has 102 valence electrons. The summed E-state index contributed by atoms with van der Waals surface area (Å²) in [6.07, 6.45) is 1.50. The van der Waals surface area contributed by atoms with E-state index in [0.29, 0.717) is 19.5 Å². The van der Waals surface area contributed by atoms with Gasteiger partial charge in [-0.2, -0.15) is 0 Å². The number of esters is 1. The topological polar surface area (TPSA) is 58.6 Å². The van der Waals surface area contributed by atoms with Gasteiger partial charge < -0.3 is 15.0 Å². The van der Waals surface area contributed by atoms with Crippen LogP contribution in [0.5, 0.6) is 0 Å². The van der Waals surface area contributed by atoms with E-state index in [2.05, 4.69) is 5.32 Å². The summed E-state index contributed by atoms with van der Waals surface area (Å²) in [4.78, 5) is 25.2. The normalized spacial score (nSPS) is 18.2. The minimum absolute atomic E-state index is 0.211. The largest absolute Gasteiger partial charge is 0.467 e. The molecule has 1 fully saturated rings. The maximum absolute atomic E-state index is 12.1. The third kappa shape index (κ3) is 3.24. The first kappa shape index (κ1) is 13.4. The summed E-state index contributed by atoms with van der Waals surface area (Å²) in [5.74, 6) is -0.340. The van der Waals surface area contributed by atoms with E-state index in [4.69, 9.17) is 4.74 Å². The molecule has 1 unspecified atom stereocenters. The van der Waals surface area contributed by atoms with E-state index >= 15 is 0 Å². The number of urea groups is 1. The van der Waals surface area contributed by atoms with Gasteiger partial charge in [-0.15, -0.1) is 0 Å². The van der Waals surface area contributed by atoms with Gasteiger partial charge in [0.15, 0.2) is 0 Å². The number of likely N-dealkylation sites (tertiary alicyclic amines) is 1. The molecule has 1 aromatic rings. The van der Waals surface area contributed by atoms with E-state index in [1.54, 1.807) is 4.90 Å². The number of hydrogen-bond acceptors (Lipinski definition) is 3. The smallest absolute Gasteiger partial charge is 0.328 e. The van der Waals surface area contributed by atoms with Gasteiger partial charge in [-0.3, -0.25) is 0 Å². The van der Waals surface area contributed by atoms with Gasteiger partial charge in [-0.1, -0.05) is 30.3 Å². The van der Waals surface area contributed by atoms with Crippen molar-refractivity contribution in [2.75, 3.05) is 13.7 Å². The fourth-order valence-corrected chi connectivity index (χ4v) is 2.27. The molecule has 1 atom stereocenters. The lowest BCUT2D eigenvalue weighted by molar-refractivity contribution is -0.144. The molecule has 0 aromatic heterocycles. The van der Waals surface area contributed by atoms with E-state index in [9.17, 15) is 9.59 Å². The Labute approximate surface area is 112 Å². The number of rotatable bonds is 3. The van der Waals surface area contributed by atoms with Gasteiger partial charge in [0.1, 0.15) is 6.04 Å². The highest BCUT2D eigenvalue weighted by atomic mass is 16.5. The highest BCUT2D eigenvalue weighted by Crippen LogP contribution is 2.18. The van der Waals surface area contributed by atoms with Crippen molar-refractivity contribution in [3.8, 4) is 0 Å². The molecule has 5 nitrogen and oxygen atoms in total. The average Bonchev–Trinajstić information content (AvgIpc) is 2.94. The molecule has 1 heterocycles. The molecule has 0 aliphatic carbocycles. The van der Waals surface area contributed by atoms with Crippen molar-refractivity contribution in [3.63, 3.8) is 0 Å². The van der Waals surface area contributed by atoms with E-state index in [1.165, 1.54) is 7.11 Å². The summed E-state index contributed by atoms with van der Waals surface area (Å²) in [7, 11) is 1.35. The maximum Gasteiger partial charge on any atom is 0.328 e. The summed E-state index contributed by atoms with van der Waals surface area (Å²) in [6.45, 7) is 1.06.